The molecular weight excluding hydrogens is 306 g/mol. The van der Waals surface area contributed by atoms with Gasteiger partial charge in [0.2, 0.25) is 0 Å². The Morgan fingerprint density at radius 2 is 2.11 bits per heavy atom. The quantitative estimate of drug-likeness (QED) is 0.797. The number of rotatable bonds is 4. The number of ether oxygens (including phenoxy) is 1. The summed E-state index contributed by atoms with van der Waals surface area (Å²) in [5, 5.41) is 0. The molecule has 1 fully saturated rings. The summed E-state index contributed by atoms with van der Waals surface area (Å²) in [6.07, 6.45) is 2.64. The van der Waals surface area contributed by atoms with E-state index in [2.05, 4.69) is 33.0 Å². The number of esters is 1. The maximum absolute atomic E-state index is 12.4. The normalized spacial score (nSPS) is 23.5. The molecule has 19 heavy (non-hydrogen) atoms. The van der Waals surface area contributed by atoms with Crippen molar-refractivity contribution in [3.8, 4) is 0 Å². The van der Waals surface area contributed by atoms with Gasteiger partial charge < -0.3 is 4.74 Å². The van der Waals surface area contributed by atoms with Crippen LogP contribution >= 0.6 is 15.9 Å². The van der Waals surface area contributed by atoms with Gasteiger partial charge in [-0.2, -0.15) is 0 Å². The lowest BCUT2D eigenvalue weighted by Crippen LogP contribution is -2.51. The van der Waals surface area contributed by atoms with Gasteiger partial charge in [0.05, 0.1) is 6.61 Å². The molecule has 3 nitrogen and oxygen atoms in total. The maximum atomic E-state index is 12.4. The van der Waals surface area contributed by atoms with E-state index >= 15 is 0 Å². The molecular formula is C15H20BrNO2. The van der Waals surface area contributed by atoms with E-state index in [0.29, 0.717) is 6.61 Å². The smallest absolute Gasteiger partial charge is 0.326 e. The van der Waals surface area contributed by atoms with E-state index in [0.717, 1.165) is 30.3 Å². The molecule has 0 N–H and O–H groups in total. The van der Waals surface area contributed by atoms with Crippen molar-refractivity contribution in [2.75, 3.05) is 20.2 Å². The van der Waals surface area contributed by atoms with Crippen molar-refractivity contribution in [1.29, 1.82) is 0 Å². The molecule has 0 aromatic heterocycles. The first-order chi connectivity index (χ1) is 9.08. The fraction of sp³-hybridized carbons (Fsp3) is 0.533. The number of carbonyl (C=O) groups is 1. The highest BCUT2D eigenvalue weighted by Crippen LogP contribution is 2.33. The van der Waals surface area contributed by atoms with Crippen molar-refractivity contribution in [2.45, 2.75) is 31.7 Å². The van der Waals surface area contributed by atoms with Gasteiger partial charge >= 0.3 is 5.97 Å². The molecule has 4 heteroatoms. The molecule has 0 aliphatic carbocycles. The van der Waals surface area contributed by atoms with Crippen molar-refractivity contribution < 1.29 is 9.53 Å². The van der Waals surface area contributed by atoms with Gasteiger partial charge in [-0.1, -0.05) is 28.1 Å². The van der Waals surface area contributed by atoms with Crippen LogP contribution in [0.3, 0.4) is 0 Å². The predicted molar refractivity (Wildman–Crippen MR) is 79.1 cm³/mol. The van der Waals surface area contributed by atoms with Crippen LogP contribution in [0, 0.1) is 0 Å². The third-order valence-corrected chi connectivity index (χ3v) is 4.41. The minimum Gasteiger partial charge on any atom is -0.465 e. The van der Waals surface area contributed by atoms with E-state index in [4.69, 9.17) is 4.74 Å². The third-order valence-electron chi connectivity index (χ3n) is 3.88. The second-order valence-corrected chi connectivity index (χ2v) is 6.00. The van der Waals surface area contributed by atoms with Gasteiger partial charge in [-0.3, -0.25) is 9.69 Å². The Labute approximate surface area is 123 Å². The van der Waals surface area contributed by atoms with Gasteiger partial charge in [0.1, 0.15) is 5.54 Å². The zero-order chi connectivity index (χ0) is 13.9. The molecule has 0 amide bonds. The Morgan fingerprint density at radius 3 is 2.63 bits per heavy atom. The van der Waals surface area contributed by atoms with Gasteiger partial charge in [-0.25, -0.2) is 0 Å². The Balaban J connectivity index is 2.23. The van der Waals surface area contributed by atoms with Crippen molar-refractivity contribution in [3.05, 3.63) is 34.3 Å². The van der Waals surface area contributed by atoms with E-state index in [9.17, 15) is 4.79 Å². The molecule has 1 unspecified atom stereocenters. The van der Waals surface area contributed by atoms with Gasteiger partial charge in [0.25, 0.3) is 0 Å². The first kappa shape index (κ1) is 14.5. The molecule has 1 aliphatic rings. The van der Waals surface area contributed by atoms with Gasteiger partial charge in [0.15, 0.2) is 0 Å². The van der Waals surface area contributed by atoms with Crippen LogP contribution in [0.1, 0.15) is 25.3 Å². The number of likely N-dealkylation sites (tertiary alicyclic amines) is 1. The Kier molecular flexibility index (Phi) is 4.63. The average molecular weight is 326 g/mol. The summed E-state index contributed by atoms with van der Waals surface area (Å²) < 4.78 is 6.36. The molecule has 1 heterocycles. The van der Waals surface area contributed by atoms with Gasteiger partial charge in [-0.15, -0.1) is 0 Å². The summed E-state index contributed by atoms with van der Waals surface area (Å²) in [5.41, 5.74) is 0.689. The number of carbonyl (C=O) groups excluding carboxylic acids is 1. The zero-order valence-electron chi connectivity index (χ0n) is 11.5. The second-order valence-electron chi connectivity index (χ2n) is 5.08. The van der Waals surface area contributed by atoms with Gasteiger partial charge in [-0.05, 0) is 51.1 Å². The summed E-state index contributed by atoms with van der Waals surface area (Å²) >= 11 is 3.44. The molecule has 1 saturated heterocycles. The highest BCUT2D eigenvalue weighted by atomic mass is 79.9. The summed E-state index contributed by atoms with van der Waals surface area (Å²) in [5.74, 6) is -0.0853. The third kappa shape index (κ3) is 3.00. The van der Waals surface area contributed by atoms with Crippen LogP contribution in [-0.2, 0) is 16.0 Å². The number of benzene rings is 1. The molecule has 1 aromatic carbocycles. The predicted octanol–water partition coefficient (Wildman–Crippen LogP) is 3.02. The first-order valence-electron chi connectivity index (χ1n) is 6.71. The Hall–Kier alpha value is -0.870. The summed E-state index contributed by atoms with van der Waals surface area (Å²) in [7, 11) is 2.02. The van der Waals surface area contributed by atoms with E-state index in [1.165, 1.54) is 5.56 Å². The molecule has 0 spiro atoms. The number of halogens is 1. The number of hydrogen-bond acceptors (Lipinski definition) is 3. The maximum Gasteiger partial charge on any atom is 0.326 e. The summed E-state index contributed by atoms with van der Waals surface area (Å²) in [4.78, 5) is 14.5. The topological polar surface area (TPSA) is 29.5 Å². The molecule has 0 saturated carbocycles. The number of hydrogen-bond donors (Lipinski definition) is 0. The van der Waals surface area contributed by atoms with Crippen LogP contribution in [0.15, 0.2) is 28.7 Å². The molecule has 104 valence electrons. The second kappa shape index (κ2) is 6.06. The lowest BCUT2D eigenvalue weighted by molar-refractivity contribution is -0.155. The molecule has 2 rings (SSSR count). The van der Waals surface area contributed by atoms with Crippen LogP contribution in [0.25, 0.3) is 0 Å². The van der Waals surface area contributed by atoms with Crippen LogP contribution in [0.5, 0.6) is 0 Å². The monoisotopic (exact) mass is 325 g/mol. The standard InChI is InChI=1S/C15H20BrNO2/c1-3-19-14(18)15(9-4-10-17(15)2)11-12-5-7-13(16)8-6-12/h5-8H,3-4,9-11H2,1-2H3. The lowest BCUT2D eigenvalue weighted by Gasteiger charge is -2.33. The largest absolute Gasteiger partial charge is 0.465 e. The van der Waals surface area contributed by atoms with Crippen LogP contribution in [-0.4, -0.2) is 36.6 Å². The van der Waals surface area contributed by atoms with Crippen LogP contribution in [0.4, 0.5) is 0 Å². The minimum atomic E-state index is -0.482. The van der Waals surface area contributed by atoms with E-state index in [1.807, 2.05) is 26.1 Å². The minimum absolute atomic E-state index is 0.0853. The number of nitrogens with zero attached hydrogens (tertiary/aromatic N) is 1. The highest BCUT2D eigenvalue weighted by Gasteiger charge is 2.46. The van der Waals surface area contributed by atoms with Gasteiger partial charge in [0, 0.05) is 10.9 Å². The van der Waals surface area contributed by atoms with Crippen LogP contribution in [0.2, 0.25) is 0 Å². The Bertz CT molecular complexity index is 446. The van der Waals surface area contributed by atoms with E-state index in [1.54, 1.807) is 0 Å². The summed E-state index contributed by atoms with van der Waals surface area (Å²) in [6, 6.07) is 8.17. The average Bonchev–Trinajstić information content (AvgIpc) is 2.75. The Morgan fingerprint density at radius 1 is 1.42 bits per heavy atom. The van der Waals surface area contributed by atoms with Crippen molar-refractivity contribution in [3.63, 3.8) is 0 Å². The first-order valence-corrected chi connectivity index (χ1v) is 7.51. The molecule has 0 bridgehead atoms. The molecule has 1 aliphatic heterocycles. The molecule has 1 aromatic rings. The number of likely N-dealkylation sites (N-methyl/N-ethyl adjacent to an activating group) is 1. The van der Waals surface area contributed by atoms with Crippen molar-refractivity contribution in [2.24, 2.45) is 0 Å². The van der Waals surface area contributed by atoms with Crippen molar-refractivity contribution in [1.82, 2.24) is 4.90 Å². The fourth-order valence-corrected chi connectivity index (χ4v) is 3.04. The zero-order valence-corrected chi connectivity index (χ0v) is 13.1. The fourth-order valence-electron chi connectivity index (χ4n) is 2.77. The van der Waals surface area contributed by atoms with Crippen LogP contribution < -0.4 is 0 Å². The summed E-state index contributed by atoms with van der Waals surface area (Å²) in [6.45, 7) is 3.25. The van der Waals surface area contributed by atoms with E-state index in [-0.39, 0.29) is 5.97 Å². The van der Waals surface area contributed by atoms with Crippen molar-refractivity contribution >= 4 is 21.9 Å². The SMILES string of the molecule is CCOC(=O)C1(Cc2ccc(Br)cc2)CCCN1C. The van der Waals surface area contributed by atoms with E-state index < -0.39 is 5.54 Å². The lowest BCUT2D eigenvalue weighted by atomic mass is 9.88. The molecule has 1 atom stereocenters. The highest BCUT2D eigenvalue weighted by molar-refractivity contribution is 9.10. The molecule has 0 radical (unpaired) electrons.